The van der Waals surface area contributed by atoms with Gasteiger partial charge < -0.3 is 23.7 Å². The lowest BCUT2D eigenvalue weighted by Gasteiger charge is -2.24. The molecule has 54 heavy (non-hydrogen) atoms. The number of halogens is 6. The minimum Gasteiger partial charge on any atom is -0.496 e. The minimum absolute atomic E-state index is 0.0718. The van der Waals surface area contributed by atoms with E-state index in [1.807, 2.05) is 42.1 Å². The minimum atomic E-state index is -5.12. The zero-order chi connectivity index (χ0) is 39.8. The van der Waals surface area contributed by atoms with E-state index < -0.39 is 57.1 Å². The Hall–Kier alpha value is -4.55. The van der Waals surface area contributed by atoms with Crippen molar-refractivity contribution in [2.45, 2.75) is 51.0 Å². The molecule has 0 radical (unpaired) electrons. The molecule has 290 valence electrons. The lowest BCUT2D eigenvalue weighted by Crippen LogP contribution is -2.42. The molecule has 4 rings (SSSR count). The fourth-order valence-electron chi connectivity index (χ4n) is 5.47. The van der Waals surface area contributed by atoms with Gasteiger partial charge in [-0.1, -0.05) is 43.9 Å². The van der Waals surface area contributed by atoms with Crippen LogP contribution < -0.4 is 34.1 Å². The van der Waals surface area contributed by atoms with Gasteiger partial charge in [0.05, 0.1) is 58.2 Å². The van der Waals surface area contributed by atoms with Crippen LogP contribution in [0.5, 0.6) is 23.0 Å². The molecule has 0 aliphatic heterocycles. The van der Waals surface area contributed by atoms with Gasteiger partial charge in [-0.05, 0) is 61.0 Å². The van der Waals surface area contributed by atoms with Crippen LogP contribution in [0.25, 0.3) is 0 Å². The second-order valence-electron chi connectivity index (χ2n) is 13.4. The van der Waals surface area contributed by atoms with Crippen LogP contribution in [0.2, 0.25) is 25.7 Å². The molecule has 1 aromatic heterocycles. The molecule has 3 aromatic carbocycles. The number of allylic oxidation sites excluding steroid dienone is 1. The lowest BCUT2D eigenvalue weighted by atomic mass is 10.0. The maximum absolute atomic E-state index is 14.3. The van der Waals surface area contributed by atoms with Crippen molar-refractivity contribution >= 4 is 32.7 Å². The van der Waals surface area contributed by atoms with Crippen molar-refractivity contribution in [1.82, 2.24) is 0 Å². The van der Waals surface area contributed by atoms with Gasteiger partial charge in [-0.2, -0.15) is 30.9 Å². The van der Waals surface area contributed by atoms with Crippen LogP contribution in [0.1, 0.15) is 29.7 Å². The van der Waals surface area contributed by atoms with E-state index in [1.54, 1.807) is 36.4 Å². The third kappa shape index (κ3) is 10.6. The Morgan fingerprint density at radius 1 is 0.722 bits per heavy atom. The lowest BCUT2D eigenvalue weighted by molar-refractivity contribution is -0.715. The first-order valence-corrected chi connectivity index (χ1v) is 21.8. The average molecular weight is 794 g/mol. The summed E-state index contributed by atoms with van der Waals surface area (Å²) in [5, 5.41) is 0.703. The monoisotopic (exact) mass is 793 g/mol. The summed E-state index contributed by atoms with van der Waals surface area (Å²) >= 11 is 0. The number of hydrogen-bond donors (Lipinski definition) is 0. The Morgan fingerprint density at radius 2 is 1.17 bits per heavy atom. The van der Waals surface area contributed by atoms with Crippen LogP contribution in [0.3, 0.4) is 0 Å². The van der Waals surface area contributed by atoms with Crippen LogP contribution in [-0.4, -0.2) is 49.0 Å². The predicted molar refractivity (Wildman–Crippen MR) is 202 cm³/mol. The number of alkyl halides is 6. The largest absolute Gasteiger partial charge is 0.496 e. The van der Waals surface area contributed by atoms with Gasteiger partial charge in [0.25, 0.3) is 0 Å². The molecule has 0 fully saturated rings. The van der Waals surface area contributed by atoms with Crippen molar-refractivity contribution in [3.05, 3.63) is 114 Å². The molecule has 0 amide bonds. The first-order chi connectivity index (χ1) is 25.4. The fourth-order valence-corrected chi connectivity index (χ4v) is 8.68. The van der Waals surface area contributed by atoms with E-state index in [1.165, 1.54) is 28.4 Å². The number of pyridine rings is 1. The summed E-state index contributed by atoms with van der Waals surface area (Å²) in [6, 6.07) is 17.0. The number of ether oxygens (including phenoxy) is 5. The normalized spacial score (nSPS) is 13.5. The van der Waals surface area contributed by atoms with E-state index in [-0.39, 0.29) is 12.7 Å². The van der Waals surface area contributed by atoms with Crippen LogP contribution in [-0.2, 0) is 17.1 Å². The molecule has 1 heterocycles. The number of rotatable bonds is 14. The van der Waals surface area contributed by atoms with Crippen molar-refractivity contribution in [1.29, 1.82) is 0 Å². The standard InChI is InChI=1S/C39H44F6N2O5PSi/c1-26(18-21-54(6,7)8)30(47-19-10-9-11-20-47)25-52-37(27-22-28(38(40,41)42)24-29(23-27)39(43,44)45)46-53(35-31(48-2)14-12-15-32(35)49-3)36-33(50-4)16-13-17-34(36)51-5/h9-20,22-24,30H,21,25H2,1-8H3/q+1/b26-18+,46-37-/t30-/m0/s1. The molecule has 0 saturated heterocycles. The summed E-state index contributed by atoms with van der Waals surface area (Å²) < 4.78 is 122. The topological polar surface area (TPSA) is 62.4 Å². The summed E-state index contributed by atoms with van der Waals surface area (Å²) in [6.45, 7) is 8.37. The highest BCUT2D eigenvalue weighted by atomic mass is 31.1. The van der Waals surface area contributed by atoms with E-state index >= 15 is 0 Å². The van der Waals surface area contributed by atoms with Crippen molar-refractivity contribution in [3.63, 3.8) is 0 Å². The molecule has 15 heteroatoms. The molecular weight excluding hydrogens is 749 g/mol. The van der Waals surface area contributed by atoms with Gasteiger partial charge in [-0.15, -0.1) is 0 Å². The number of benzene rings is 3. The van der Waals surface area contributed by atoms with Crippen LogP contribution in [0.4, 0.5) is 26.3 Å². The van der Waals surface area contributed by atoms with Gasteiger partial charge in [0, 0.05) is 25.8 Å². The van der Waals surface area contributed by atoms with Crippen LogP contribution in [0, 0.1) is 0 Å². The molecule has 0 N–H and O–H groups in total. The van der Waals surface area contributed by atoms with E-state index in [2.05, 4.69) is 25.7 Å². The summed E-state index contributed by atoms with van der Waals surface area (Å²) in [5.41, 5.74) is -2.67. The first kappa shape index (κ1) is 42.2. The quantitative estimate of drug-likeness (QED) is 0.0242. The van der Waals surface area contributed by atoms with Gasteiger partial charge in [0.2, 0.25) is 11.9 Å². The molecule has 0 unspecified atom stereocenters. The number of methoxy groups -OCH3 is 4. The number of hydrogen-bond acceptors (Lipinski definition) is 6. The van der Waals surface area contributed by atoms with Crippen LogP contribution >= 0.6 is 8.07 Å². The summed E-state index contributed by atoms with van der Waals surface area (Å²) in [5.74, 6) is 0.690. The smallest absolute Gasteiger partial charge is 0.416 e. The second-order valence-corrected chi connectivity index (χ2v) is 20.6. The Bertz CT molecular complexity index is 1820. The zero-order valence-corrected chi connectivity index (χ0v) is 33.2. The van der Waals surface area contributed by atoms with E-state index in [0.29, 0.717) is 45.7 Å². The van der Waals surface area contributed by atoms with Gasteiger partial charge in [0.15, 0.2) is 19.0 Å². The van der Waals surface area contributed by atoms with E-state index in [0.717, 1.165) is 11.6 Å². The SMILES string of the molecule is COc1cccc(OC)c1P(/N=C(\OC[C@@H](/C(C)=C/C[Si](C)(C)C)[n+]1ccccc1)c1cc(C(F)(F)F)cc(C(F)(F)F)c1)c1c(OC)cccc1OC. The molecule has 1 atom stereocenters. The molecule has 0 aliphatic rings. The highest BCUT2D eigenvalue weighted by Crippen LogP contribution is 2.48. The first-order valence-electron chi connectivity index (χ1n) is 16.8. The molecule has 7 nitrogen and oxygen atoms in total. The maximum Gasteiger partial charge on any atom is 0.416 e. The highest BCUT2D eigenvalue weighted by molar-refractivity contribution is 7.72. The van der Waals surface area contributed by atoms with Crippen molar-refractivity contribution in [2.24, 2.45) is 4.76 Å². The molecule has 0 saturated carbocycles. The Labute approximate surface area is 314 Å². The zero-order valence-electron chi connectivity index (χ0n) is 31.3. The van der Waals surface area contributed by atoms with E-state index in [4.69, 9.17) is 28.4 Å². The van der Waals surface area contributed by atoms with Crippen molar-refractivity contribution in [3.8, 4) is 23.0 Å². The second kappa shape index (κ2) is 17.7. The Balaban J connectivity index is 2.10. The Morgan fingerprint density at radius 3 is 1.56 bits per heavy atom. The van der Waals surface area contributed by atoms with Crippen LogP contribution in [0.15, 0.2) is 102 Å². The number of nitrogens with zero attached hydrogens (tertiary/aromatic N) is 2. The van der Waals surface area contributed by atoms with Gasteiger partial charge >= 0.3 is 12.4 Å². The van der Waals surface area contributed by atoms with Gasteiger partial charge in [-0.25, -0.2) is 4.76 Å². The van der Waals surface area contributed by atoms with Gasteiger partial charge in [-0.3, -0.25) is 0 Å². The fraction of sp³-hybridized carbons (Fsp3) is 0.333. The van der Waals surface area contributed by atoms with Crippen molar-refractivity contribution < 1.29 is 54.6 Å². The highest BCUT2D eigenvalue weighted by Gasteiger charge is 2.38. The average Bonchev–Trinajstić information content (AvgIpc) is 3.14. The third-order valence-corrected chi connectivity index (χ3v) is 11.8. The van der Waals surface area contributed by atoms with E-state index in [9.17, 15) is 26.3 Å². The summed E-state index contributed by atoms with van der Waals surface area (Å²) in [7, 11) is 1.90. The molecule has 0 aliphatic carbocycles. The van der Waals surface area contributed by atoms with Crippen molar-refractivity contribution in [2.75, 3.05) is 35.0 Å². The molecule has 4 aromatic rings. The summed E-state index contributed by atoms with van der Waals surface area (Å²) in [4.78, 5) is 0. The number of aromatic nitrogens is 1. The summed E-state index contributed by atoms with van der Waals surface area (Å²) in [6.07, 6.45) is -4.51. The molecule has 0 bridgehead atoms. The van der Waals surface area contributed by atoms with Gasteiger partial charge in [0.1, 0.15) is 23.0 Å². The Kier molecular flexibility index (Phi) is 13.8. The third-order valence-electron chi connectivity index (χ3n) is 8.29. The molecule has 0 spiro atoms. The molecular formula is C39H44F6N2O5PSi+. The predicted octanol–water partition coefficient (Wildman–Crippen LogP) is 9.38. The maximum atomic E-state index is 14.3.